The van der Waals surface area contributed by atoms with Crippen molar-refractivity contribution in [3.8, 4) is 0 Å². The van der Waals surface area contributed by atoms with Crippen LogP contribution in [0.25, 0.3) is 11.0 Å². The Kier molecular flexibility index (Phi) is 8.85. The fraction of sp³-hybridized carbons (Fsp3) is 0.267. The van der Waals surface area contributed by atoms with Gasteiger partial charge in [-0.15, -0.1) is 10.2 Å². The van der Waals surface area contributed by atoms with E-state index in [4.69, 9.17) is 4.42 Å². The quantitative estimate of drug-likeness (QED) is 0.157. The Morgan fingerprint density at radius 1 is 1.09 bits per heavy atom. The summed E-state index contributed by atoms with van der Waals surface area (Å²) in [4.78, 5) is 17.2. The molecular weight excluding hydrogens is 570 g/mol. The van der Waals surface area contributed by atoms with E-state index in [2.05, 4.69) is 44.4 Å². The first kappa shape index (κ1) is 29.9. The fourth-order valence-corrected chi connectivity index (χ4v) is 5.59. The van der Waals surface area contributed by atoms with Crippen molar-refractivity contribution in [2.24, 2.45) is 0 Å². The zero-order valence-corrected chi connectivity index (χ0v) is 24.6. The molecule has 13 heteroatoms. The van der Waals surface area contributed by atoms with Gasteiger partial charge in [0.05, 0.1) is 23.1 Å². The molecular formula is C30H33N7O5S. The van der Waals surface area contributed by atoms with Gasteiger partial charge in [-0.2, -0.15) is 0 Å². The summed E-state index contributed by atoms with van der Waals surface area (Å²) in [5.41, 5.74) is 1.82. The lowest BCUT2D eigenvalue weighted by molar-refractivity contribution is 0.0947. The van der Waals surface area contributed by atoms with Crippen LogP contribution in [-0.4, -0.2) is 51.3 Å². The number of hydrogen-bond acceptors (Lipinski definition) is 9. The number of aliphatic hydroxyl groups is 1. The Labute approximate surface area is 249 Å². The molecule has 0 aliphatic rings. The van der Waals surface area contributed by atoms with Crippen LogP contribution in [0.2, 0.25) is 0 Å². The maximum Gasteiger partial charge on any atom is 0.261 e. The fourth-order valence-electron chi connectivity index (χ4n) is 4.52. The molecule has 12 nitrogen and oxygen atoms in total. The highest BCUT2D eigenvalue weighted by Gasteiger charge is 2.21. The van der Waals surface area contributed by atoms with Gasteiger partial charge in [-0.25, -0.2) is 13.4 Å². The first-order valence-corrected chi connectivity index (χ1v) is 15.2. The smallest absolute Gasteiger partial charge is 0.261 e. The third kappa shape index (κ3) is 7.63. The van der Waals surface area contributed by atoms with Gasteiger partial charge in [-0.05, 0) is 62.2 Å². The van der Waals surface area contributed by atoms with Crippen LogP contribution >= 0.6 is 0 Å². The summed E-state index contributed by atoms with van der Waals surface area (Å²) in [5.74, 6) is 0.0282. The van der Waals surface area contributed by atoms with E-state index in [0.29, 0.717) is 29.2 Å². The van der Waals surface area contributed by atoms with Gasteiger partial charge in [0.2, 0.25) is 12.3 Å². The third-order valence-corrected chi connectivity index (χ3v) is 8.39. The maximum absolute atomic E-state index is 12.7. The highest BCUT2D eigenvalue weighted by molar-refractivity contribution is 7.92. The topological polar surface area (TPSA) is 164 Å². The minimum absolute atomic E-state index is 0.132. The molecule has 0 spiro atoms. The molecule has 2 aromatic carbocycles. The standard InChI is InChI=1S/C30H33N7O5S/c1-30(2,33-18-26(38)21-7-6-8-24(16-21)36-43(40,41)25-9-4-3-5-10-25)12-14-37-13-11-22-15-23(17-31-28(22)37)29(39)32-19-27-35-34-20-42-27/h3-11,13,15-17,20,26,33,36,38H,12,14,18-19H2,1-2H3,(H,32,39)/t26-/m0/s1. The third-order valence-electron chi connectivity index (χ3n) is 7.00. The van der Waals surface area contributed by atoms with Crippen molar-refractivity contribution in [3.05, 3.63) is 103 Å². The summed E-state index contributed by atoms with van der Waals surface area (Å²) < 4.78 is 35.0. The number of hydrogen-bond donors (Lipinski definition) is 4. The summed E-state index contributed by atoms with van der Waals surface area (Å²) in [6, 6.07) is 18.6. The predicted octanol–water partition coefficient (Wildman–Crippen LogP) is 3.64. The minimum atomic E-state index is -3.74. The number of benzene rings is 2. The molecule has 3 aromatic heterocycles. The monoisotopic (exact) mass is 603 g/mol. The Balaban J connectivity index is 1.15. The van der Waals surface area contributed by atoms with Gasteiger partial charge < -0.3 is 24.7 Å². The highest BCUT2D eigenvalue weighted by Crippen LogP contribution is 2.22. The highest BCUT2D eigenvalue weighted by atomic mass is 32.2. The first-order chi connectivity index (χ1) is 20.6. The molecule has 0 saturated carbocycles. The largest absolute Gasteiger partial charge is 0.426 e. The molecule has 0 unspecified atom stereocenters. The maximum atomic E-state index is 12.7. The lowest BCUT2D eigenvalue weighted by atomic mass is 9.99. The number of β-amino-alcohol motifs (C(OH)–C–C–N with tert-alkyl or cyclic N) is 1. The Morgan fingerprint density at radius 3 is 2.67 bits per heavy atom. The molecule has 3 heterocycles. The Morgan fingerprint density at radius 2 is 1.91 bits per heavy atom. The van der Waals surface area contributed by atoms with Crippen LogP contribution in [0.5, 0.6) is 0 Å². The van der Waals surface area contributed by atoms with Crippen molar-refractivity contribution in [2.75, 3.05) is 11.3 Å². The number of carbonyl (C=O) groups excluding carboxylic acids is 1. The minimum Gasteiger partial charge on any atom is -0.426 e. The molecule has 1 atom stereocenters. The molecule has 224 valence electrons. The van der Waals surface area contributed by atoms with E-state index in [-0.39, 0.29) is 29.4 Å². The van der Waals surface area contributed by atoms with E-state index in [1.165, 1.54) is 24.7 Å². The van der Waals surface area contributed by atoms with E-state index in [1.54, 1.807) is 48.5 Å². The average molecular weight is 604 g/mol. The van der Waals surface area contributed by atoms with E-state index >= 15 is 0 Å². The summed E-state index contributed by atoms with van der Waals surface area (Å²) in [5, 5.41) is 25.2. The van der Waals surface area contributed by atoms with Gasteiger partial charge >= 0.3 is 0 Å². The van der Waals surface area contributed by atoms with Gasteiger partial charge in [0.1, 0.15) is 5.65 Å². The van der Waals surface area contributed by atoms with Crippen molar-refractivity contribution in [2.45, 2.75) is 49.9 Å². The molecule has 0 saturated heterocycles. The van der Waals surface area contributed by atoms with E-state index in [0.717, 1.165) is 17.5 Å². The Hall–Kier alpha value is -4.59. The number of carbonyl (C=O) groups is 1. The SMILES string of the molecule is CC(C)(CCn1ccc2cc(C(=O)NCc3nnco3)cnc21)NC[C@H](O)c1cccc(NS(=O)(=O)c2ccccc2)c1. The van der Waals surface area contributed by atoms with E-state index < -0.39 is 16.1 Å². The molecule has 1 amide bonds. The zero-order valence-electron chi connectivity index (χ0n) is 23.8. The number of aryl methyl sites for hydroxylation is 1. The number of pyridine rings is 1. The summed E-state index contributed by atoms with van der Waals surface area (Å²) in [6.07, 6.45) is 4.56. The van der Waals surface area contributed by atoms with Crippen molar-refractivity contribution in [1.82, 2.24) is 30.4 Å². The molecule has 0 fully saturated rings. The number of sulfonamides is 1. The zero-order chi connectivity index (χ0) is 30.5. The molecule has 0 aliphatic heterocycles. The van der Waals surface area contributed by atoms with Gasteiger partial charge in [0.25, 0.3) is 15.9 Å². The van der Waals surface area contributed by atoms with Crippen LogP contribution < -0.4 is 15.4 Å². The number of amides is 1. The normalized spacial score (nSPS) is 12.7. The number of fused-ring (bicyclic) bond motifs is 1. The number of anilines is 1. The molecule has 5 aromatic rings. The summed E-state index contributed by atoms with van der Waals surface area (Å²) in [6.45, 7) is 5.16. The van der Waals surface area contributed by atoms with Crippen molar-refractivity contribution in [3.63, 3.8) is 0 Å². The molecule has 43 heavy (non-hydrogen) atoms. The second kappa shape index (κ2) is 12.7. The molecule has 5 rings (SSSR count). The first-order valence-electron chi connectivity index (χ1n) is 13.7. The number of aliphatic hydroxyl groups excluding tert-OH is 1. The van der Waals surface area contributed by atoms with Crippen molar-refractivity contribution < 1.29 is 22.7 Å². The molecule has 0 radical (unpaired) electrons. The second-order valence-electron chi connectivity index (χ2n) is 10.7. The summed E-state index contributed by atoms with van der Waals surface area (Å²) in [7, 11) is -3.74. The van der Waals surface area contributed by atoms with Crippen molar-refractivity contribution in [1.29, 1.82) is 0 Å². The van der Waals surface area contributed by atoms with E-state index in [9.17, 15) is 18.3 Å². The van der Waals surface area contributed by atoms with Gasteiger partial charge in [-0.3, -0.25) is 9.52 Å². The van der Waals surface area contributed by atoms with Gasteiger partial charge in [0.15, 0.2) is 0 Å². The molecule has 4 N–H and O–H groups in total. The van der Waals surface area contributed by atoms with Crippen LogP contribution in [0.15, 0.2) is 94.8 Å². The predicted molar refractivity (Wildman–Crippen MR) is 161 cm³/mol. The average Bonchev–Trinajstić information content (AvgIpc) is 3.68. The second-order valence-corrected chi connectivity index (χ2v) is 12.4. The van der Waals surface area contributed by atoms with Crippen LogP contribution in [0.4, 0.5) is 5.69 Å². The van der Waals surface area contributed by atoms with Gasteiger partial charge in [0, 0.05) is 42.1 Å². The number of nitrogens with one attached hydrogen (secondary N) is 3. The Bertz CT molecular complexity index is 1790. The summed E-state index contributed by atoms with van der Waals surface area (Å²) >= 11 is 0. The lowest BCUT2D eigenvalue weighted by Crippen LogP contribution is -2.42. The van der Waals surface area contributed by atoms with Crippen LogP contribution in [0.1, 0.15) is 48.2 Å². The lowest BCUT2D eigenvalue weighted by Gasteiger charge is -2.28. The molecule has 0 aliphatic carbocycles. The molecule has 0 bridgehead atoms. The number of aromatic nitrogens is 4. The van der Waals surface area contributed by atoms with E-state index in [1.807, 2.05) is 16.8 Å². The number of nitrogens with zero attached hydrogens (tertiary/aromatic N) is 4. The van der Waals surface area contributed by atoms with Crippen molar-refractivity contribution >= 4 is 32.7 Å². The van der Waals surface area contributed by atoms with Gasteiger partial charge in [-0.1, -0.05) is 30.3 Å². The van der Waals surface area contributed by atoms with Crippen LogP contribution in [-0.2, 0) is 23.1 Å². The van der Waals surface area contributed by atoms with Crippen LogP contribution in [0, 0.1) is 0 Å². The number of rotatable bonds is 13. The van der Waals surface area contributed by atoms with Crippen LogP contribution in [0.3, 0.4) is 0 Å².